The molecule has 0 spiro atoms. The van der Waals surface area contributed by atoms with Gasteiger partial charge in [0.2, 0.25) is 0 Å². The topological polar surface area (TPSA) is 29.9 Å². The third-order valence-corrected chi connectivity index (χ3v) is 3.49. The minimum absolute atomic E-state index is 0.116. The summed E-state index contributed by atoms with van der Waals surface area (Å²) in [6.45, 7) is 5.06. The molecular formula is C14H16BrF2N3. The van der Waals surface area contributed by atoms with Gasteiger partial charge in [-0.2, -0.15) is 5.10 Å². The van der Waals surface area contributed by atoms with Crippen LogP contribution in [-0.4, -0.2) is 9.78 Å². The minimum Gasteiger partial charge on any atom is -0.375 e. The van der Waals surface area contributed by atoms with E-state index in [1.165, 1.54) is 12.1 Å². The molecule has 0 bridgehead atoms. The van der Waals surface area contributed by atoms with Crippen LogP contribution in [0.4, 0.5) is 14.5 Å². The zero-order valence-corrected chi connectivity index (χ0v) is 13.0. The second-order valence-corrected chi connectivity index (χ2v) is 5.31. The van der Waals surface area contributed by atoms with Crippen LogP contribution in [0.5, 0.6) is 0 Å². The van der Waals surface area contributed by atoms with Crippen LogP contribution in [0.3, 0.4) is 0 Å². The molecule has 1 aromatic heterocycles. The zero-order chi connectivity index (χ0) is 14.7. The van der Waals surface area contributed by atoms with E-state index in [0.29, 0.717) is 11.0 Å². The van der Waals surface area contributed by atoms with Gasteiger partial charge in [-0.1, -0.05) is 22.9 Å². The summed E-state index contributed by atoms with van der Waals surface area (Å²) in [5, 5.41) is 7.21. The first-order valence-corrected chi connectivity index (χ1v) is 7.28. The Morgan fingerprint density at radius 2 is 1.85 bits per heavy atom. The molecule has 0 amide bonds. The Kier molecular flexibility index (Phi) is 4.75. The molecule has 20 heavy (non-hydrogen) atoms. The molecule has 108 valence electrons. The van der Waals surface area contributed by atoms with Crippen LogP contribution in [0, 0.1) is 11.6 Å². The fraction of sp³-hybridized carbons (Fsp3) is 0.357. The van der Waals surface area contributed by atoms with E-state index in [4.69, 9.17) is 0 Å². The number of rotatable bonds is 5. The fourth-order valence-corrected chi connectivity index (χ4v) is 2.40. The first-order valence-electron chi connectivity index (χ1n) is 6.49. The van der Waals surface area contributed by atoms with Crippen molar-refractivity contribution in [2.75, 3.05) is 5.32 Å². The van der Waals surface area contributed by atoms with Gasteiger partial charge in [0, 0.05) is 11.0 Å². The van der Waals surface area contributed by atoms with Crippen molar-refractivity contribution in [2.45, 2.75) is 33.4 Å². The summed E-state index contributed by atoms with van der Waals surface area (Å²) >= 11 is 3.06. The highest BCUT2D eigenvalue weighted by molar-refractivity contribution is 9.10. The highest BCUT2D eigenvalue weighted by atomic mass is 79.9. The van der Waals surface area contributed by atoms with E-state index in [0.717, 1.165) is 24.4 Å². The normalized spacial score (nSPS) is 10.8. The number of aromatic nitrogens is 2. The molecule has 3 nitrogen and oxygen atoms in total. The third kappa shape index (κ3) is 3.17. The number of nitrogens with one attached hydrogen (secondary N) is 1. The second-order valence-electron chi connectivity index (χ2n) is 4.39. The number of hydrogen-bond donors (Lipinski definition) is 1. The molecule has 0 fully saturated rings. The summed E-state index contributed by atoms with van der Waals surface area (Å²) in [6, 6.07) is 4.42. The van der Waals surface area contributed by atoms with Crippen molar-refractivity contribution in [3.63, 3.8) is 0 Å². The van der Waals surface area contributed by atoms with Gasteiger partial charge in [0.1, 0.15) is 17.3 Å². The lowest BCUT2D eigenvalue weighted by Gasteiger charge is -2.10. The van der Waals surface area contributed by atoms with Gasteiger partial charge in [-0.25, -0.2) is 8.78 Å². The number of nitrogens with zero attached hydrogens (tertiary/aromatic N) is 2. The van der Waals surface area contributed by atoms with E-state index in [1.807, 2.05) is 24.6 Å². The Morgan fingerprint density at radius 3 is 2.40 bits per heavy atom. The monoisotopic (exact) mass is 343 g/mol. The summed E-state index contributed by atoms with van der Waals surface area (Å²) in [4.78, 5) is 0. The van der Waals surface area contributed by atoms with Crippen LogP contribution in [-0.2, 0) is 19.5 Å². The van der Waals surface area contributed by atoms with Crippen molar-refractivity contribution in [1.29, 1.82) is 0 Å². The maximum absolute atomic E-state index is 13.7. The van der Waals surface area contributed by atoms with E-state index in [1.54, 1.807) is 0 Å². The quantitative estimate of drug-likeness (QED) is 0.884. The van der Waals surface area contributed by atoms with Crippen molar-refractivity contribution < 1.29 is 8.78 Å². The summed E-state index contributed by atoms with van der Waals surface area (Å²) in [5.74, 6) is -1.23. The summed E-state index contributed by atoms with van der Waals surface area (Å²) < 4.78 is 29.6. The smallest absolute Gasteiger partial charge is 0.150 e. The molecule has 0 aliphatic rings. The number of halogens is 3. The molecule has 1 aromatic carbocycles. The highest BCUT2D eigenvalue weighted by Crippen LogP contribution is 2.24. The molecule has 2 aromatic rings. The van der Waals surface area contributed by atoms with E-state index < -0.39 is 11.6 Å². The molecule has 1 N–H and O–H groups in total. The average Bonchev–Trinajstić information content (AvgIpc) is 2.80. The molecule has 6 heteroatoms. The number of benzene rings is 1. The van der Waals surface area contributed by atoms with E-state index in [-0.39, 0.29) is 5.69 Å². The molecule has 0 saturated heterocycles. The fourth-order valence-electron chi connectivity index (χ4n) is 1.99. The lowest BCUT2D eigenvalue weighted by atomic mass is 10.2. The molecule has 0 aliphatic heterocycles. The van der Waals surface area contributed by atoms with Crippen molar-refractivity contribution in [3.8, 4) is 0 Å². The first-order chi connectivity index (χ1) is 9.55. The van der Waals surface area contributed by atoms with Gasteiger partial charge in [0.05, 0.1) is 17.9 Å². The van der Waals surface area contributed by atoms with Crippen LogP contribution < -0.4 is 5.32 Å². The number of aryl methyl sites for hydroxylation is 2. The largest absolute Gasteiger partial charge is 0.375 e. The molecule has 2 rings (SSSR count). The van der Waals surface area contributed by atoms with Crippen LogP contribution in [0.25, 0.3) is 0 Å². The molecule has 0 aliphatic carbocycles. The van der Waals surface area contributed by atoms with Gasteiger partial charge in [-0.05, 0) is 31.5 Å². The van der Waals surface area contributed by atoms with Gasteiger partial charge in [0.15, 0.2) is 0 Å². The Bertz CT molecular complexity index is 587. The summed E-state index contributed by atoms with van der Waals surface area (Å²) in [5.41, 5.74) is 1.77. The van der Waals surface area contributed by atoms with Gasteiger partial charge < -0.3 is 5.32 Å². The van der Waals surface area contributed by atoms with Crippen LogP contribution >= 0.6 is 15.9 Å². The zero-order valence-electron chi connectivity index (χ0n) is 11.4. The predicted octanol–water partition coefficient (Wildman–Crippen LogP) is 4.12. The van der Waals surface area contributed by atoms with Gasteiger partial charge in [-0.3, -0.25) is 4.68 Å². The van der Waals surface area contributed by atoms with E-state index in [9.17, 15) is 8.78 Å². The summed E-state index contributed by atoms with van der Waals surface area (Å²) in [6.07, 6.45) is 0.834. The molecule has 1 heterocycles. The van der Waals surface area contributed by atoms with E-state index >= 15 is 0 Å². The number of hydrogen-bond acceptors (Lipinski definition) is 2. The third-order valence-electron chi connectivity index (χ3n) is 3.03. The SMILES string of the molecule is CCc1cc(CNc2c(F)cc(Br)cc2F)n(CC)n1. The molecule has 0 unspecified atom stereocenters. The van der Waals surface area contributed by atoms with E-state index in [2.05, 4.69) is 26.3 Å². The minimum atomic E-state index is -0.616. The van der Waals surface area contributed by atoms with Gasteiger partial charge in [0.25, 0.3) is 0 Å². The maximum atomic E-state index is 13.7. The Hall–Kier alpha value is -1.43. The summed E-state index contributed by atoms with van der Waals surface area (Å²) in [7, 11) is 0. The van der Waals surface area contributed by atoms with Crippen molar-refractivity contribution in [3.05, 3.63) is 45.7 Å². The highest BCUT2D eigenvalue weighted by Gasteiger charge is 2.12. The maximum Gasteiger partial charge on any atom is 0.150 e. The first kappa shape index (κ1) is 15.0. The predicted molar refractivity (Wildman–Crippen MR) is 78.7 cm³/mol. The Balaban J connectivity index is 2.18. The molecule has 0 atom stereocenters. The van der Waals surface area contributed by atoms with Crippen molar-refractivity contribution >= 4 is 21.6 Å². The van der Waals surface area contributed by atoms with Crippen molar-refractivity contribution in [1.82, 2.24) is 9.78 Å². The Morgan fingerprint density at radius 1 is 1.20 bits per heavy atom. The van der Waals surface area contributed by atoms with Crippen LogP contribution in [0.2, 0.25) is 0 Å². The second kappa shape index (κ2) is 6.35. The standard InChI is InChI=1S/C14H16BrF2N3/c1-3-10-7-11(20(4-2)19-10)8-18-14-12(16)5-9(15)6-13(14)17/h5-7,18H,3-4,8H2,1-2H3. The van der Waals surface area contributed by atoms with Gasteiger partial charge >= 0.3 is 0 Å². The molecular weight excluding hydrogens is 328 g/mol. The van der Waals surface area contributed by atoms with Crippen LogP contribution in [0.1, 0.15) is 25.2 Å². The van der Waals surface area contributed by atoms with Gasteiger partial charge in [-0.15, -0.1) is 0 Å². The molecule has 0 saturated carbocycles. The average molecular weight is 344 g/mol. The number of anilines is 1. The molecule has 0 radical (unpaired) electrons. The van der Waals surface area contributed by atoms with Crippen LogP contribution in [0.15, 0.2) is 22.7 Å². The Labute approximate surface area is 125 Å². The lowest BCUT2D eigenvalue weighted by Crippen LogP contribution is -2.09. The van der Waals surface area contributed by atoms with Crippen molar-refractivity contribution in [2.24, 2.45) is 0 Å². The lowest BCUT2D eigenvalue weighted by molar-refractivity contribution is 0.583.